The Hall–Kier alpha value is -3.14. The SMILES string of the molecule is CN1CCN(C(=O)CSc2nc(-c3ccccc3)cc(-c3ccccc3)c2C#N)CC1. The van der Waals surface area contributed by atoms with Crippen molar-refractivity contribution in [3.05, 3.63) is 72.3 Å². The van der Waals surface area contributed by atoms with E-state index >= 15 is 0 Å². The first-order valence-corrected chi connectivity index (χ1v) is 11.3. The van der Waals surface area contributed by atoms with Gasteiger partial charge in [0.25, 0.3) is 0 Å². The van der Waals surface area contributed by atoms with Crippen LogP contribution < -0.4 is 0 Å². The van der Waals surface area contributed by atoms with Crippen LogP contribution in [0.4, 0.5) is 0 Å². The van der Waals surface area contributed by atoms with E-state index in [-0.39, 0.29) is 11.7 Å². The van der Waals surface area contributed by atoms with Gasteiger partial charge in [0.05, 0.1) is 17.0 Å². The van der Waals surface area contributed by atoms with Crippen molar-refractivity contribution in [1.29, 1.82) is 5.26 Å². The van der Waals surface area contributed by atoms with Crippen LogP contribution in [-0.2, 0) is 4.79 Å². The van der Waals surface area contributed by atoms with Gasteiger partial charge in [0.2, 0.25) is 5.91 Å². The fourth-order valence-electron chi connectivity index (χ4n) is 3.61. The molecule has 1 saturated heterocycles. The van der Waals surface area contributed by atoms with Crippen LogP contribution in [0.2, 0.25) is 0 Å². The highest BCUT2D eigenvalue weighted by molar-refractivity contribution is 8.00. The number of nitrogens with zero attached hydrogens (tertiary/aromatic N) is 4. The van der Waals surface area contributed by atoms with E-state index < -0.39 is 0 Å². The van der Waals surface area contributed by atoms with Gasteiger partial charge in [0.1, 0.15) is 11.1 Å². The lowest BCUT2D eigenvalue weighted by molar-refractivity contribution is -0.129. The lowest BCUT2D eigenvalue weighted by atomic mass is 9.99. The van der Waals surface area contributed by atoms with E-state index in [0.717, 1.165) is 48.6 Å². The molecule has 0 aliphatic carbocycles. The predicted octanol–water partition coefficient (Wildman–Crippen LogP) is 4.15. The number of amides is 1. The summed E-state index contributed by atoms with van der Waals surface area (Å²) < 4.78 is 0. The van der Waals surface area contributed by atoms with Gasteiger partial charge in [0.15, 0.2) is 0 Å². The third-order valence-corrected chi connectivity index (χ3v) is 6.40. The van der Waals surface area contributed by atoms with E-state index in [1.165, 1.54) is 11.8 Å². The number of nitriles is 1. The standard InChI is InChI=1S/C25H24N4OS/c1-28-12-14-29(15-13-28)24(30)18-31-25-22(17-26)21(19-8-4-2-5-9-19)16-23(27-25)20-10-6-3-7-11-20/h2-11,16H,12-15,18H2,1H3. The zero-order chi connectivity index (χ0) is 21.6. The van der Waals surface area contributed by atoms with Crippen molar-refractivity contribution in [3.8, 4) is 28.5 Å². The van der Waals surface area contributed by atoms with Gasteiger partial charge in [-0.25, -0.2) is 4.98 Å². The maximum atomic E-state index is 12.8. The number of thioether (sulfide) groups is 1. The Morgan fingerprint density at radius 3 is 2.23 bits per heavy atom. The van der Waals surface area contributed by atoms with Gasteiger partial charge in [-0.15, -0.1) is 0 Å². The minimum Gasteiger partial charge on any atom is -0.339 e. The predicted molar refractivity (Wildman–Crippen MR) is 125 cm³/mol. The summed E-state index contributed by atoms with van der Waals surface area (Å²) in [5.74, 6) is 0.368. The number of aromatic nitrogens is 1. The molecule has 2 aromatic carbocycles. The first-order chi connectivity index (χ1) is 15.2. The van der Waals surface area contributed by atoms with E-state index in [4.69, 9.17) is 4.98 Å². The summed E-state index contributed by atoms with van der Waals surface area (Å²) in [7, 11) is 2.07. The molecule has 4 rings (SSSR count). The van der Waals surface area contributed by atoms with E-state index in [0.29, 0.717) is 10.6 Å². The molecule has 5 nitrogen and oxygen atoms in total. The second kappa shape index (κ2) is 9.78. The second-order valence-corrected chi connectivity index (χ2v) is 8.52. The van der Waals surface area contributed by atoms with Crippen LogP contribution in [0.1, 0.15) is 5.56 Å². The molecular formula is C25H24N4OS. The quantitative estimate of drug-likeness (QED) is 0.571. The number of benzene rings is 2. The number of carbonyl (C=O) groups is 1. The normalized spacial score (nSPS) is 14.3. The van der Waals surface area contributed by atoms with Gasteiger partial charge in [-0.05, 0) is 18.7 Å². The van der Waals surface area contributed by atoms with E-state index in [1.54, 1.807) is 0 Å². The number of pyridine rings is 1. The molecule has 0 atom stereocenters. The number of likely N-dealkylation sites (N-methyl/N-ethyl adjacent to an activating group) is 1. The Labute approximate surface area is 187 Å². The molecule has 156 valence electrons. The average Bonchev–Trinajstić information content (AvgIpc) is 2.83. The molecule has 1 aliphatic heterocycles. The Morgan fingerprint density at radius 2 is 1.61 bits per heavy atom. The molecule has 0 bridgehead atoms. The minimum atomic E-state index is 0.0927. The van der Waals surface area contributed by atoms with Gasteiger partial charge in [0, 0.05) is 37.3 Å². The number of rotatable bonds is 5. The summed E-state index contributed by atoms with van der Waals surface area (Å²) in [5.41, 5.74) is 4.10. The zero-order valence-corrected chi connectivity index (χ0v) is 18.3. The minimum absolute atomic E-state index is 0.0927. The fourth-order valence-corrected chi connectivity index (χ4v) is 4.52. The molecule has 3 aromatic rings. The van der Waals surface area contributed by atoms with E-state index in [2.05, 4.69) is 18.0 Å². The van der Waals surface area contributed by atoms with Crippen molar-refractivity contribution in [2.75, 3.05) is 39.0 Å². The monoisotopic (exact) mass is 428 g/mol. The number of hydrogen-bond acceptors (Lipinski definition) is 5. The first-order valence-electron chi connectivity index (χ1n) is 10.3. The summed E-state index contributed by atoms with van der Waals surface area (Å²) in [6.07, 6.45) is 0. The van der Waals surface area contributed by atoms with Gasteiger partial charge >= 0.3 is 0 Å². The molecule has 31 heavy (non-hydrogen) atoms. The van der Waals surface area contributed by atoms with Crippen molar-refractivity contribution in [2.24, 2.45) is 0 Å². The topological polar surface area (TPSA) is 60.2 Å². The molecule has 0 saturated carbocycles. The van der Waals surface area contributed by atoms with Crippen LogP contribution in [0, 0.1) is 11.3 Å². The van der Waals surface area contributed by atoms with Gasteiger partial charge < -0.3 is 9.80 Å². The number of piperazine rings is 1. The Balaban J connectivity index is 1.67. The van der Waals surface area contributed by atoms with E-state index in [9.17, 15) is 10.1 Å². The maximum absolute atomic E-state index is 12.8. The number of carbonyl (C=O) groups excluding carboxylic acids is 1. The molecule has 1 fully saturated rings. The Morgan fingerprint density at radius 1 is 1.00 bits per heavy atom. The highest BCUT2D eigenvalue weighted by Gasteiger charge is 2.21. The summed E-state index contributed by atoms with van der Waals surface area (Å²) >= 11 is 1.35. The van der Waals surface area contributed by atoms with Crippen LogP contribution >= 0.6 is 11.8 Å². The third-order valence-electron chi connectivity index (χ3n) is 5.44. The van der Waals surface area contributed by atoms with Crippen LogP contribution in [0.5, 0.6) is 0 Å². The molecule has 2 heterocycles. The van der Waals surface area contributed by atoms with Crippen LogP contribution in [0.3, 0.4) is 0 Å². The van der Waals surface area contributed by atoms with Gasteiger partial charge in [-0.2, -0.15) is 5.26 Å². The van der Waals surface area contributed by atoms with Crippen molar-refractivity contribution < 1.29 is 4.79 Å². The van der Waals surface area contributed by atoms with Crippen LogP contribution in [0.25, 0.3) is 22.4 Å². The summed E-state index contributed by atoms with van der Waals surface area (Å²) in [4.78, 5) is 21.7. The fraction of sp³-hybridized carbons (Fsp3) is 0.240. The zero-order valence-electron chi connectivity index (χ0n) is 17.5. The second-order valence-electron chi connectivity index (χ2n) is 7.55. The molecule has 1 amide bonds. The van der Waals surface area contributed by atoms with Gasteiger partial charge in [-0.1, -0.05) is 72.4 Å². The highest BCUT2D eigenvalue weighted by Crippen LogP contribution is 2.34. The Kier molecular flexibility index (Phi) is 6.66. The summed E-state index contributed by atoms with van der Waals surface area (Å²) in [6, 6.07) is 24.1. The lowest BCUT2D eigenvalue weighted by Gasteiger charge is -2.32. The van der Waals surface area contributed by atoms with Crippen molar-refractivity contribution in [3.63, 3.8) is 0 Å². The van der Waals surface area contributed by atoms with E-state index in [1.807, 2.05) is 71.6 Å². The highest BCUT2D eigenvalue weighted by atomic mass is 32.2. The molecule has 0 unspecified atom stereocenters. The smallest absolute Gasteiger partial charge is 0.233 e. The largest absolute Gasteiger partial charge is 0.339 e. The third kappa shape index (κ3) is 4.96. The molecule has 1 aromatic heterocycles. The Bertz CT molecular complexity index is 1090. The maximum Gasteiger partial charge on any atom is 0.233 e. The van der Waals surface area contributed by atoms with Crippen molar-refractivity contribution in [2.45, 2.75) is 5.03 Å². The average molecular weight is 429 g/mol. The lowest BCUT2D eigenvalue weighted by Crippen LogP contribution is -2.47. The molecular weight excluding hydrogens is 404 g/mol. The summed E-state index contributed by atoms with van der Waals surface area (Å²) in [6.45, 7) is 3.26. The molecule has 0 spiro atoms. The van der Waals surface area contributed by atoms with Crippen molar-refractivity contribution >= 4 is 17.7 Å². The summed E-state index contributed by atoms with van der Waals surface area (Å²) in [5, 5.41) is 10.6. The molecule has 0 N–H and O–H groups in total. The van der Waals surface area contributed by atoms with Gasteiger partial charge in [-0.3, -0.25) is 4.79 Å². The number of hydrogen-bond donors (Lipinski definition) is 0. The first kappa shape index (κ1) is 21.1. The molecule has 0 radical (unpaired) electrons. The van der Waals surface area contributed by atoms with Crippen LogP contribution in [-0.4, -0.2) is 59.7 Å². The molecule has 1 aliphatic rings. The molecule has 6 heteroatoms. The van der Waals surface area contributed by atoms with Crippen molar-refractivity contribution in [1.82, 2.24) is 14.8 Å². The van der Waals surface area contributed by atoms with Crippen LogP contribution in [0.15, 0.2) is 71.8 Å².